The third-order valence-electron chi connectivity index (χ3n) is 2.22. The zero-order chi connectivity index (χ0) is 12.1. The second-order valence-electron chi connectivity index (χ2n) is 3.84. The van der Waals surface area contributed by atoms with Crippen LogP contribution in [0.1, 0.15) is 25.5 Å². The molecule has 1 amide bonds. The summed E-state index contributed by atoms with van der Waals surface area (Å²) in [6, 6.07) is 3.62. The fraction of sp³-hybridized carbons (Fsp3) is 0.545. The van der Waals surface area contributed by atoms with Crippen LogP contribution in [0.15, 0.2) is 21.2 Å². The quantitative estimate of drug-likeness (QED) is 0.904. The molecular formula is C11H16BrNO3. The van der Waals surface area contributed by atoms with Gasteiger partial charge in [0.25, 0.3) is 0 Å². The van der Waals surface area contributed by atoms with E-state index in [0.717, 1.165) is 5.76 Å². The molecule has 1 unspecified atom stereocenters. The maximum absolute atomic E-state index is 11.6. The van der Waals surface area contributed by atoms with Crippen LogP contribution in [0, 0.1) is 0 Å². The Balaban J connectivity index is 2.39. The lowest BCUT2D eigenvalue weighted by Gasteiger charge is -2.16. The molecule has 1 rings (SSSR count). The Morgan fingerprint density at radius 2 is 2.31 bits per heavy atom. The topological polar surface area (TPSA) is 53.7 Å². The monoisotopic (exact) mass is 289 g/mol. The van der Waals surface area contributed by atoms with Gasteiger partial charge in [-0.05, 0) is 41.4 Å². The molecule has 90 valence electrons. The van der Waals surface area contributed by atoms with Crippen LogP contribution in [0.4, 0.5) is 0 Å². The van der Waals surface area contributed by atoms with Gasteiger partial charge in [-0.3, -0.25) is 4.79 Å². The third-order valence-corrected chi connectivity index (χ3v) is 2.65. The van der Waals surface area contributed by atoms with E-state index in [1.165, 1.54) is 0 Å². The molecule has 0 aliphatic heterocycles. The van der Waals surface area contributed by atoms with Crippen LogP contribution in [0.5, 0.6) is 0 Å². The van der Waals surface area contributed by atoms with Gasteiger partial charge in [0.15, 0.2) is 4.67 Å². The highest BCUT2D eigenvalue weighted by atomic mass is 79.9. The molecule has 0 aliphatic rings. The first-order valence-electron chi connectivity index (χ1n) is 5.15. The van der Waals surface area contributed by atoms with Crippen LogP contribution >= 0.6 is 15.9 Å². The fourth-order valence-electron chi connectivity index (χ4n) is 1.28. The summed E-state index contributed by atoms with van der Waals surface area (Å²) in [5.74, 6) is 0.744. The highest BCUT2D eigenvalue weighted by Crippen LogP contribution is 2.15. The molecule has 0 fully saturated rings. The molecule has 0 aliphatic carbocycles. The third kappa shape index (κ3) is 4.37. The van der Waals surface area contributed by atoms with E-state index < -0.39 is 6.10 Å². The summed E-state index contributed by atoms with van der Waals surface area (Å²) in [5.41, 5.74) is 0. The first kappa shape index (κ1) is 13.3. The molecular weight excluding hydrogens is 274 g/mol. The largest absolute Gasteiger partial charge is 0.452 e. The molecule has 1 aromatic heterocycles. The summed E-state index contributed by atoms with van der Waals surface area (Å²) < 4.78 is 5.96. The molecule has 0 radical (unpaired) electrons. The molecule has 0 spiro atoms. The molecule has 5 heteroatoms. The summed E-state index contributed by atoms with van der Waals surface area (Å²) >= 11 is 3.21. The van der Waals surface area contributed by atoms with Crippen molar-refractivity contribution in [2.75, 3.05) is 7.05 Å². The van der Waals surface area contributed by atoms with E-state index in [1.807, 2.05) is 6.07 Å². The minimum atomic E-state index is -0.435. The van der Waals surface area contributed by atoms with Crippen molar-refractivity contribution < 1.29 is 14.3 Å². The molecule has 16 heavy (non-hydrogen) atoms. The first-order valence-corrected chi connectivity index (χ1v) is 5.94. The first-order chi connectivity index (χ1) is 7.49. The van der Waals surface area contributed by atoms with Crippen LogP contribution in [0.25, 0.3) is 0 Å². The number of halogens is 1. The van der Waals surface area contributed by atoms with Gasteiger partial charge in [0.1, 0.15) is 5.76 Å². The van der Waals surface area contributed by atoms with Crippen LogP contribution in [-0.2, 0) is 11.3 Å². The predicted octanol–water partition coefficient (Wildman–Crippen LogP) is 2.16. The van der Waals surface area contributed by atoms with Crippen molar-refractivity contribution in [3.8, 4) is 0 Å². The lowest BCUT2D eigenvalue weighted by atomic mass is 10.2. The Labute approximate surface area is 103 Å². The van der Waals surface area contributed by atoms with Gasteiger partial charge in [0, 0.05) is 13.5 Å². The van der Waals surface area contributed by atoms with Crippen molar-refractivity contribution in [1.82, 2.24) is 4.90 Å². The molecule has 1 heterocycles. The average molecular weight is 290 g/mol. The smallest absolute Gasteiger partial charge is 0.222 e. The van der Waals surface area contributed by atoms with Gasteiger partial charge in [0.05, 0.1) is 12.6 Å². The summed E-state index contributed by atoms with van der Waals surface area (Å²) in [4.78, 5) is 13.2. The highest BCUT2D eigenvalue weighted by molar-refractivity contribution is 9.10. The molecule has 1 aromatic rings. The summed E-state index contributed by atoms with van der Waals surface area (Å²) in [6.45, 7) is 2.13. The lowest BCUT2D eigenvalue weighted by molar-refractivity contribution is -0.131. The van der Waals surface area contributed by atoms with Crippen molar-refractivity contribution in [3.05, 3.63) is 22.6 Å². The van der Waals surface area contributed by atoms with Crippen molar-refractivity contribution in [3.63, 3.8) is 0 Å². The second kappa shape index (κ2) is 6.06. The van der Waals surface area contributed by atoms with Gasteiger partial charge in [-0.1, -0.05) is 0 Å². The number of hydrogen-bond acceptors (Lipinski definition) is 3. The van der Waals surface area contributed by atoms with Crippen molar-refractivity contribution in [1.29, 1.82) is 0 Å². The van der Waals surface area contributed by atoms with Gasteiger partial charge >= 0.3 is 0 Å². The molecule has 0 bridgehead atoms. The summed E-state index contributed by atoms with van der Waals surface area (Å²) in [6.07, 6.45) is 0.413. The molecule has 0 saturated carbocycles. The number of furan rings is 1. The van der Waals surface area contributed by atoms with Gasteiger partial charge in [-0.2, -0.15) is 0 Å². The fourth-order valence-corrected chi connectivity index (χ4v) is 1.62. The van der Waals surface area contributed by atoms with Crippen molar-refractivity contribution in [2.24, 2.45) is 0 Å². The Morgan fingerprint density at radius 3 is 2.81 bits per heavy atom. The minimum Gasteiger partial charge on any atom is -0.452 e. The average Bonchev–Trinajstić information content (AvgIpc) is 2.60. The Hall–Kier alpha value is -0.810. The second-order valence-corrected chi connectivity index (χ2v) is 4.62. The Kier molecular flexibility index (Phi) is 5.02. The SMILES string of the molecule is CC(O)CCC(=O)N(C)Cc1ccc(Br)o1. The van der Waals surface area contributed by atoms with Crippen LogP contribution in [-0.4, -0.2) is 29.1 Å². The van der Waals surface area contributed by atoms with E-state index in [1.54, 1.807) is 24.9 Å². The zero-order valence-electron chi connectivity index (χ0n) is 9.44. The Bertz CT molecular complexity index is 349. The number of hydrogen-bond donors (Lipinski definition) is 1. The summed E-state index contributed by atoms with van der Waals surface area (Å²) in [7, 11) is 1.72. The van der Waals surface area contributed by atoms with Gasteiger partial charge in [-0.15, -0.1) is 0 Å². The normalized spacial score (nSPS) is 12.5. The van der Waals surface area contributed by atoms with Gasteiger partial charge < -0.3 is 14.4 Å². The maximum atomic E-state index is 11.6. The van der Waals surface area contributed by atoms with E-state index in [-0.39, 0.29) is 5.91 Å². The molecule has 1 N–H and O–H groups in total. The zero-order valence-corrected chi connectivity index (χ0v) is 11.0. The highest BCUT2D eigenvalue weighted by Gasteiger charge is 2.12. The van der Waals surface area contributed by atoms with Crippen molar-refractivity contribution >= 4 is 21.8 Å². The molecule has 1 atom stereocenters. The van der Waals surface area contributed by atoms with Crippen LogP contribution < -0.4 is 0 Å². The van der Waals surface area contributed by atoms with E-state index in [0.29, 0.717) is 24.1 Å². The molecule has 0 saturated heterocycles. The number of aliphatic hydroxyl groups excluding tert-OH is 1. The van der Waals surface area contributed by atoms with Gasteiger partial charge in [0.2, 0.25) is 5.91 Å². The maximum Gasteiger partial charge on any atom is 0.222 e. The number of carbonyl (C=O) groups excluding carboxylic acids is 1. The van der Waals surface area contributed by atoms with E-state index in [4.69, 9.17) is 9.52 Å². The van der Waals surface area contributed by atoms with Crippen molar-refractivity contribution in [2.45, 2.75) is 32.4 Å². The number of aliphatic hydroxyl groups is 1. The number of nitrogens with zero attached hydrogens (tertiary/aromatic N) is 1. The van der Waals surface area contributed by atoms with Crippen LogP contribution in [0.2, 0.25) is 0 Å². The predicted molar refractivity (Wildman–Crippen MR) is 63.8 cm³/mol. The lowest BCUT2D eigenvalue weighted by Crippen LogP contribution is -2.26. The number of amides is 1. The standard InChI is InChI=1S/C11H16BrNO3/c1-8(14)3-6-11(15)13(2)7-9-4-5-10(12)16-9/h4-5,8,14H,3,6-7H2,1-2H3. The van der Waals surface area contributed by atoms with Gasteiger partial charge in [-0.25, -0.2) is 0 Å². The van der Waals surface area contributed by atoms with Crippen LogP contribution in [0.3, 0.4) is 0 Å². The summed E-state index contributed by atoms with van der Waals surface area (Å²) in [5, 5.41) is 9.08. The number of rotatable bonds is 5. The van der Waals surface area contributed by atoms with E-state index in [9.17, 15) is 4.79 Å². The molecule has 0 aromatic carbocycles. The molecule has 4 nitrogen and oxygen atoms in total. The van der Waals surface area contributed by atoms with E-state index in [2.05, 4.69) is 15.9 Å². The Morgan fingerprint density at radius 1 is 1.62 bits per heavy atom. The van der Waals surface area contributed by atoms with E-state index >= 15 is 0 Å². The number of carbonyl (C=O) groups is 1. The minimum absolute atomic E-state index is 0.00780.